The molecule has 1 aromatic rings. The van der Waals surface area contributed by atoms with Crippen molar-refractivity contribution in [2.75, 3.05) is 0 Å². The van der Waals surface area contributed by atoms with Gasteiger partial charge in [-0.15, -0.1) is 0 Å². The maximum Gasteiger partial charge on any atom is 0.326 e. The number of aliphatic carboxylic acids is 1. The molecule has 0 aliphatic rings. The maximum absolute atomic E-state index is 12.9. The van der Waals surface area contributed by atoms with Gasteiger partial charge in [0.25, 0.3) is 0 Å². The van der Waals surface area contributed by atoms with Gasteiger partial charge in [-0.25, -0.2) is 4.79 Å². The van der Waals surface area contributed by atoms with Gasteiger partial charge in [0.15, 0.2) is 0 Å². The average Bonchev–Trinajstić information content (AvgIpc) is 2.76. The van der Waals surface area contributed by atoms with Crippen LogP contribution in [0.2, 0.25) is 0 Å². The predicted octanol–water partition coefficient (Wildman–Crippen LogP) is -2.79. The monoisotopic (exact) mass is 508 g/mol. The fourth-order valence-corrected chi connectivity index (χ4v) is 3.12. The molecule has 0 bridgehead atoms. The fraction of sp³-hybridized carbons (Fsp3) is 0.455. The molecular weight excluding hydrogens is 476 g/mol. The molecule has 4 atom stereocenters. The summed E-state index contributed by atoms with van der Waals surface area (Å²) in [6.45, 7) is 3.18. The molecule has 0 aliphatic heterocycles. The second kappa shape index (κ2) is 13.6. The molecular formula is C22H32N6O8. The number of hydrogen-bond acceptors (Lipinski definition) is 8. The number of aromatic hydroxyl groups is 1. The van der Waals surface area contributed by atoms with E-state index in [1.165, 1.54) is 24.3 Å². The Hall–Kier alpha value is -4.20. The summed E-state index contributed by atoms with van der Waals surface area (Å²) in [7, 11) is 0. The number of nitrogens with one attached hydrogen (secondary N) is 3. The molecule has 14 nitrogen and oxygen atoms in total. The highest BCUT2D eigenvalue weighted by Crippen LogP contribution is 2.12. The summed E-state index contributed by atoms with van der Waals surface area (Å²) in [4.78, 5) is 72.2. The Bertz CT molecular complexity index is 981. The number of carbonyl (C=O) groups excluding carboxylic acids is 5. The summed E-state index contributed by atoms with van der Waals surface area (Å²) < 4.78 is 0. The highest BCUT2D eigenvalue weighted by molar-refractivity contribution is 5.96. The van der Waals surface area contributed by atoms with Gasteiger partial charge in [-0.1, -0.05) is 26.0 Å². The number of hydrogen-bond donors (Lipinski definition) is 8. The minimum atomic E-state index is -1.55. The van der Waals surface area contributed by atoms with Crippen LogP contribution in [0.4, 0.5) is 0 Å². The summed E-state index contributed by atoms with van der Waals surface area (Å²) in [6, 6.07) is 0.141. The molecule has 0 fully saturated rings. The van der Waals surface area contributed by atoms with E-state index in [4.69, 9.17) is 17.2 Å². The van der Waals surface area contributed by atoms with Gasteiger partial charge < -0.3 is 43.4 Å². The zero-order valence-corrected chi connectivity index (χ0v) is 19.9. The third-order valence-electron chi connectivity index (χ3n) is 5.03. The Labute approximate surface area is 206 Å². The standard InChI is InChI=1S/C22H32N6O8/c1-10(2)18(28-19(32)13(23)8-16(24)30)21(34)26-14(9-17(25)31)20(33)27-15(22(35)36)7-11-3-5-12(29)6-4-11/h3-6,10,13-15,18,29H,7-9,23H2,1-2H3,(H2,24,30)(H2,25,31)(H,26,34)(H,27,33)(H,28,32)(H,35,36). The van der Waals surface area contributed by atoms with E-state index in [1.807, 2.05) is 0 Å². The fourth-order valence-electron chi connectivity index (χ4n) is 3.12. The first-order valence-corrected chi connectivity index (χ1v) is 10.9. The second-order valence-corrected chi connectivity index (χ2v) is 8.51. The molecule has 0 heterocycles. The molecule has 11 N–H and O–H groups in total. The Morgan fingerprint density at radius 2 is 1.33 bits per heavy atom. The van der Waals surface area contributed by atoms with Crippen LogP contribution in [-0.2, 0) is 35.2 Å². The van der Waals surface area contributed by atoms with Gasteiger partial charge in [-0.05, 0) is 23.6 Å². The molecule has 0 saturated heterocycles. The topological polar surface area (TPSA) is 257 Å². The van der Waals surface area contributed by atoms with E-state index in [0.29, 0.717) is 5.56 Å². The van der Waals surface area contributed by atoms with E-state index in [1.54, 1.807) is 13.8 Å². The van der Waals surface area contributed by atoms with Crippen LogP contribution in [0.3, 0.4) is 0 Å². The van der Waals surface area contributed by atoms with E-state index < -0.39 is 78.4 Å². The molecule has 0 radical (unpaired) electrons. The third-order valence-corrected chi connectivity index (χ3v) is 5.03. The molecule has 0 aromatic heterocycles. The number of carboxylic acids is 1. The number of nitrogens with two attached hydrogens (primary N) is 3. The number of carbonyl (C=O) groups is 6. The minimum Gasteiger partial charge on any atom is -0.508 e. The van der Waals surface area contributed by atoms with Gasteiger partial charge >= 0.3 is 5.97 Å². The molecule has 198 valence electrons. The van der Waals surface area contributed by atoms with Crippen LogP contribution in [0.15, 0.2) is 24.3 Å². The van der Waals surface area contributed by atoms with Crippen molar-refractivity contribution in [2.24, 2.45) is 23.1 Å². The van der Waals surface area contributed by atoms with Crippen molar-refractivity contribution in [1.82, 2.24) is 16.0 Å². The van der Waals surface area contributed by atoms with E-state index in [2.05, 4.69) is 16.0 Å². The highest BCUT2D eigenvalue weighted by atomic mass is 16.4. The van der Waals surface area contributed by atoms with Crippen molar-refractivity contribution < 1.29 is 39.0 Å². The van der Waals surface area contributed by atoms with Gasteiger partial charge in [0, 0.05) is 6.42 Å². The maximum atomic E-state index is 12.9. The molecule has 5 amide bonds. The molecule has 36 heavy (non-hydrogen) atoms. The Morgan fingerprint density at radius 1 is 0.806 bits per heavy atom. The molecule has 14 heteroatoms. The van der Waals surface area contributed by atoms with Gasteiger partial charge in [0.1, 0.15) is 23.9 Å². The van der Waals surface area contributed by atoms with Crippen molar-refractivity contribution in [3.63, 3.8) is 0 Å². The smallest absolute Gasteiger partial charge is 0.326 e. The number of phenols is 1. The van der Waals surface area contributed by atoms with E-state index in [0.717, 1.165) is 0 Å². The minimum absolute atomic E-state index is 0.0266. The average molecular weight is 509 g/mol. The Morgan fingerprint density at radius 3 is 1.81 bits per heavy atom. The lowest BCUT2D eigenvalue weighted by atomic mass is 10.0. The molecule has 0 spiro atoms. The normalized spacial score (nSPS) is 14.1. The van der Waals surface area contributed by atoms with Crippen LogP contribution in [0.5, 0.6) is 5.75 Å². The summed E-state index contributed by atoms with van der Waals surface area (Å²) >= 11 is 0. The first-order chi connectivity index (χ1) is 16.7. The van der Waals surface area contributed by atoms with Gasteiger partial charge in [0.05, 0.1) is 18.9 Å². The SMILES string of the molecule is CC(C)C(NC(=O)C(N)CC(N)=O)C(=O)NC(CC(N)=O)C(=O)NC(Cc1ccc(O)cc1)C(=O)O. The lowest BCUT2D eigenvalue weighted by Gasteiger charge is -2.26. The van der Waals surface area contributed by atoms with Crippen molar-refractivity contribution in [1.29, 1.82) is 0 Å². The zero-order valence-electron chi connectivity index (χ0n) is 19.9. The third kappa shape index (κ3) is 9.97. The van der Waals surface area contributed by atoms with Crippen molar-refractivity contribution >= 4 is 35.5 Å². The first kappa shape index (κ1) is 29.8. The molecule has 0 aliphatic carbocycles. The van der Waals surface area contributed by atoms with Crippen molar-refractivity contribution in [3.8, 4) is 5.75 Å². The molecule has 1 rings (SSSR count). The molecule has 1 aromatic carbocycles. The van der Waals surface area contributed by atoms with E-state index >= 15 is 0 Å². The van der Waals surface area contributed by atoms with Crippen LogP contribution in [-0.4, -0.2) is 69.9 Å². The number of primary amides is 2. The lowest BCUT2D eigenvalue weighted by Crippen LogP contribution is -2.59. The van der Waals surface area contributed by atoms with Crippen LogP contribution in [0.1, 0.15) is 32.3 Å². The largest absolute Gasteiger partial charge is 0.508 e. The number of carboxylic acid groups (broad SMARTS) is 1. The predicted molar refractivity (Wildman–Crippen MR) is 126 cm³/mol. The summed E-state index contributed by atoms with van der Waals surface area (Å²) in [5, 5.41) is 25.8. The number of phenolic OH excluding ortho intramolecular Hbond substituents is 1. The molecule has 0 saturated carbocycles. The van der Waals surface area contributed by atoms with Gasteiger partial charge in [-0.3, -0.25) is 24.0 Å². The van der Waals surface area contributed by atoms with E-state index in [-0.39, 0.29) is 12.2 Å². The highest BCUT2D eigenvalue weighted by Gasteiger charge is 2.32. The summed E-state index contributed by atoms with van der Waals surface area (Å²) in [5.41, 5.74) is 16.3. The Kier molecular flexibility index (Phi) is 11.3. The van der Waals surface area contributed by atoms with E-state index in [9.17, 15) is 39.0 Å². The van der Waals surface area contributed by atoms with Crippen LogP contribution in [0, 0.1) is 5.92 Å². The Balaban J connectivity index is 3.00. The van der Waals surface area contributed by atoms with Gasteiger partial charge in [0.2, 0.25) is 29.5 Å². The van der Waals surface area contributed by atoms with Crippen molar-refractivity contribution in [2.45, 2.75) is 57.3 Å². The number of benzene rings is 1. The summed E-state index contributed by atoms with van der Waals surface area (Å²) in [6.07, 6.45) is -1.26. The lowest BCUT2D eigenvalue weighted by molar-refractivity contribution is -0.142. The van der Waals surface area contributed by atoms with Gasteiger partial charge in [-0.2, -0.15) is 0 Å². The summed E-state index contributed by atoms with van der Waals surface area (Å²) in [5.74, 6) is -6.37. The zero-order chi connectivity index (χ0) is 27.6. The second-order valence-electron chi connectivity index (χ2n) is 8.51. The van der Waals surface area contributed by atoms with Crippen LogP contribution in [0.25, 0.3) is 0 Å². The number of amides is 5. The first-order valence-electron chi connectivity index (χ1n) is 10.9. The van der Waals surface area contributed by atoms with Crippen LogP contribution >= 0.6 is 0 Å². The quantitative estimate of drug-likeness (QED) is 0.129. The van der Waals surface area contributed by atoms with Crippen molar-refractivity contribution in [3.05, 3.63) is 29.8 Å². The number of rotatable bonds is 14. The molecule has 4 unspecified atom stereocenters. The van der Waals surface area contributed by atoms with Crippen LogP contribution < -0.4 is 33.2 Å².